The van der Waals surface area contributed by atoms with Gasteiger partial charge < -0.3 is 0 Å². The van der Waals surface area contributed by atoms with E-state index in [0.29, 0.717) is 0 Å². The molecule has 0 aliphatic rings. The van der Waals surface area contributed by atoms with Gasteiger partial charge in [-0.25, -0.2) is 9.97 Å². The van der Waals surface area contributed by atoms with E-state index in [2.05, 4.69) is 159 Å². The van der Waals surface area contributed by atoms with E-state index in [1.807, 2.05) is 0 Å². The molecule has 0 atom stereocenters. The van der Waals surface area contributed by atoms with Crippen molar-refractivity contribution in [3.05, 3.63) is 157 Å². The Balaban J connectivity index is 1.13. The van der Waals surface area contributed by atoms with E-state index in [1.165, 1.54) is 75.1 Å². The summed E-state index contributed by atoms with van der Waals surface area (Å²) in [7, 11) is 0. The van der Waals surface area contributed by atoms with Gasteiger partial charge in [-0.1, -0.05) is 97.1 Å². The molecule has 2 heterocycles. The minimum Gasteiger partial charge on any atom is -0.236 e. The third-order valence-corrected chi connectivity index (χ3v) is 11.9. The zero-order valence-electron chi connectivity index (χ0n) is 27.6. The topological polar surface area (TPSA) is 25.8 Å². The molecule has 0 aliphatic carbocycles. The molecule has 0 fully saturated rings. The van der Waals surface area contributed by atoms with Crippen LogP contribution in [-0.2, 0) is 0 Å². The average molecular weight is 675 g/mol. The second kappa shape index (κ2) is 11.4. The van der Waals surface area contributed by atoms with E-state index in [1.54, 1.807) is 22.7 Å². The summed E-state index contributed by atoms with van der Waals surface area (Å²) in [5.41, 5.74) is 11.8. The monoisotopic (exact) mass is 674 g/mol. The van der Waals surface area contributed by atoms with Crippen LogP contribution in [0, 0.1) is 13.8 Å². The molecular formula is C46H30N2S2. The lowest BCUT2D eigenvalue weighted by Crippen LogP contribution is -1.90. The van der Waals surface area contributed by atoms with Gasteiger partial charge in [-0.2, -0.15) is 0 Å². The van der Waals surface area contributed by atoms with E-state index in [0.717, 1.165) is 32.2 Å². The summed E-state index contributed by atoms with van der Waals surface area (Å²) >= 11 is 3.51. The fraction of sp³-hybridized carbons (Fsp3) is 0.0435. The van der Waals surface area contributed by atoms with E-state index in [4.69, 9.17) is 9.97 Å². The van der Waals surface area contributed by atoms with Crippen LogP contribution in [0.3, 0.4) is 0 Å². The zero-order valence-corrected chi connectivity index (χ0v) is 29.2. The van der Waals surface area contributed by atoms with Crippen LogP contribution in [0.2, 0.25) is 0 Å². The highest BCUT2D eigenvalue weighted by atomic mass is 32.1. The molecule has 0 spiro atoms. The van der Waals surface area contributed by atoms with Crippen LogP contribution >= 0.6 is 22.7 Å². The third-order valence-electron chi connectivity index (χ3n) is 9.79. The summed E-state index contributed by atoms with van der Waals surface area (Å²) in [6.07, 6.45) is 0. The van der Waals surface area contributed by atoms with E-state index < -0.39 is 0 Å². The minimum atomic E-state index is 1.05. The number of aryl methyl sites for hydroxylation is 2. The highest BCUT2D eigenvalue weighted by Crippen LogP contribution is 2.42. The Labute approximate surface area is 298 Å². The molecule has 2 aromatic heterocycles. The van der Waals surface area contributed by atoms with Crippen LogP contribution in [0.25, 0.3) is 96.1 Å². The Morgan fingerprint density at radius 1 is 0.400 bits per heavy atom. The van der Waals surface area contributed by atoms with Crippen molar-refractivity contribution in [1.29, 1.82) is 0 Å². The lowest BCUT2D eigenvalue weighted by molar-refractivity contribution is 1.45. The lowest BCUT2D eigenvalue weighted by atomic mass is 9.88. The van der Waals surface area contributed by atoms with Gasteiger partial charge in [0.25, 0.3) is 0 Å². The molecule has 10 rings (SSSR count). The number of hydrogen-bond acceptors (Lipinski definition) is 4. The molecule has 4 heteroatoms. The van der Waals surface area contributed by atoms with Gasteiger partial charge in [0.05, 0.1) is 20.4 Å². The Hall–Kier alpha value is -5.68. The molecule has 236 valence electrons. The first-order valence-electron chi connectivity index (χ1n) is 16.9. The van der Waals surface area contributed by atoms with Crippen LogP contribution < -0.4 is 0 Å². The lowest BCUT2D eigenvalue weighted by Gasteiger charge is -2.16. The molecule has 10 aromatic rings. The van der Waals surface area contributed by atoms with Gasteiger partial charge in [-0.3, -0.25) is 0 Å². The third kappa shape index (κ3) is 4.99. The van der Waals surface area contributed by atoms with Gasteiger partial charge in [-0.05, 0) is 128 Å². The van der Waals surface area contributed by atoms with Crippen molar-refractivity contribution in [3.63, 3.8) is 0 Å². The van der Waals surface area contributed by atoms with Crippen LogP contribution in [0.1, 0.15) is 11.1 Å². The predicted molar refractivity (Wildman–Crippen MR) is 217 cm³/mol. The predicted octanol–water partition coefficient (Wildman–Crippen LogP) is 13.7. The number of thiazole rings is 2. The van der Waals surface area contributed by atoms with Gasteiger partial charge >= 0.3 is 0 Å². The Morgan fingerprint density at radius 3 is 1.48 bits per heavy atom. The van der Waals surface area contributed by atoms with E-state index in [-0.39, 0.29) is 0 Å². The number of hydrogen-bond donors (Lipinski definition) is 0. The van der Waals surface area contributed by atoms with E-state index >= 15 is 0 Å². The molecule has 2 nitrogen and oxygen atoms in total. The first-order valence-corrected chi connectivity index (χ1v) is 18.5. The number of rotatable bonds is 4. The molecule has 0 unspecified atom stereocenters. The summed E-state index contributed by atoms with van der Waals surface area (Å²) in [4.78, 5) is 9.91. The molecular weight excluding hydrogens is 645 g/mol. The van der Waals surface area contributed by atoms with Crippen LogP contribution in [0.4, 0.5) is 0 Å². The van der Waals surface area contributed by atoms with Crippen molar-refractivity contribution in [1.82, 2.24) is 9.97 Å². The largest absolute Gasteiger partial charge is 0.236 e. The molecule has 8 aromatic carbocycles. The fourth-order valence-electron chi connectivity index (χ4n) is 7.20. The summed E-state index contributed by atoms with van der Waals surface area (Å²) in [6, 6.07) is 53.5. The molecule has 0 saturated carbocycles. The number of aromatic nitrogens is 2. The van der Waals surface area contributed by atoms with Crippen molar-refractivity contribution < 1.29 is 0 Å². The summed E-state index contributed by atoms with van der Waals surface area (Å²) < 4.78 is 2.45. The molecule has 0 radical (unpaired) electrons. The van der Waals surface area contributed by atoms with Crippen molar-refractivity contribution >= 4 is 75.4 Å². The SMILES string of the molecule is Cc1ccc2nc(-c3ccc(-c4ccc5cc6cc7ccccc7cc6cc5c4-c4ccc(-c5nc6ccc(C)cc6s5)cc4)cc3)sc2c1. The number of benzene rings is 8. The highest BCUT2D eigenvalue weighted by molar-refractivity contribution is 7.22. The molecule has 0 saturated heterocycles. The normalized spacial score (nSPS) is 11.8. The second-order valence-corrected chi connectivity index (χ2v) is 15.3. The van der Waals surface area contributed by atoms with Gasteiger partial charge in [0.1, 0.15) is 10.0 Å². The van der Waals surface area contributed by atoms with Gasteiger partial charge in [0.15, 0.2) is 0 Å². The smallest absolute Gasteiger partial charge is 0.124 e. The van der Waals surface area contributed by atoms with Crippen molar-refractivity contribution in [2.24, 2.45) is 0 Å². The standard InChI is InChI=1S/C46H30N2S2/c1-27-7-19-40-42(21-27)49-45(47-40)31-13-9-29(10-14-31)38-18-17-35-25-36-23-33-5-3-4-6-34(33)24-37(36)26-39(35)44(38)30-11-15-32(16-12-30)46-48-41-20-8-28(2)22-43(41)50-46/h3-26H,1-2H3. The minimum absolute atomic E-state index is 1.05. The van der Waals surface area contributed by atoms with Gasteiger partial charge in [0.2, 0.25) is 0 Å². The maximum absolute atomic E-state index is 4.97. The zero-order chi connectivity index (χ0) is 33.3. The van der Waals surface area contributed by atoms with Crippen LogP contribution in [-0.4, -0.2) is 9.97 Å². The van der Waals surface area contributed by atoms with Crippen LogP contribution in [0.5, 0.6) is 0 Å². The Morgan fingerprint density at radius 2 is 0.900 bits per heavy atom. The highest BCUT2D eigenvalue weighted by Gasteiger charge is 2.16. The summed E-state index contributed by atoms with van der Waals surface area (Å²) in [5, 5.41) is 9.61. The van der Waals surface area contributed by atoms with Gasteiger partial charge in [0, 0.05) is 11.1 Å². The Kier molecular flexibility index (Phi) is 6.70. The van der Waals surface area contributed by atoms with E-state index in [9.17, 15) is 0 Å². The molecule has 0 amide bonds. The van der Waals surface area contributed by atoms with Crippen molar-refractivity contribution in [2.75, 3.05) is 0 Å². The first-order chi connectivity index (χ1) is 24.5. The quantitative estimate of drug-likeness (QED) is 0.174. The maximum Gasteiger partial charge on any atom is 0.124 e. The van der Waals surface area contributed by atoms with Crippen LogP contribution in [0.15, 0.2) is 146 Å². The Bertz CT molecular complexity index is 2930. The molecule has 50 heavy (non-hydrogen) atoms. The summed E-state index contributed by atoms with van der Waals surface area (Å²) in [5.74, 6) is 0. The number of fused-ring (bicyclic) bond motifs is 5. The van der Waals surface area contributed by atoms with Crippen molar-refractivity contribution in [3.8, 4) is 43.4 Å². The number of nitrogens with zero attached hydrogens (tertiary/aromatic N) is 2. The first kappa shape index (κ1) is 29.3. The van der Waals surface area contributed by atoms with Gasteiger partial charge in [-0.15, -0.1) is 22.7 Å². The van der Waals surface area contributed by atoms with Crippen molar-refractivity contribution in [2.45, 2.75) is 13.8 Å². The maximum atomic E-state index is 4.97. The summed E-state index contributed by atoms with van der Waals surface area (Å²) in [6.45, 7) is 4.27. The second-order valence-electron chi connectivity index (χ2n) is 13.2. The fourth-order valence-corrected chi connectivity index (χ4v) is 9.34. The average Bonchev–Trinajstić information content (AvgIpc) is 3.77. The molecule has 0 aliphatic heterocycles. The molecule has 0 bridgehead atoms. The molecule has 0 N–H and O–H groups in total.